The van der Waals surface area contributed by atoms with Crippen LogP contribution in [-0.4, -0.2) is 17.1 Å². The molecule has 0 saturated heterocycles. The highest BCUT2D eigenvalue weighted by Crippen LogP contribution is 2.31. The van der Waals surface area contributed by atoms with Crippen LogP contribution in [0.25, 0.3) is 0 Å². The summed E-state index contributed by atoms with van der Waals surface area (Å²) in [5, 5.41) is 3.01. The fourth-order valence-electron chi connectivity index (χ4n) is 1.48. The Balaban J connectivity index is 2.40. The van der Waals surface area contributed by atoms with E-state index in [2.05, 4.69) is 15.3 Å². The maximum atomic E-state index is 13.6. The Labute approximate surface area is 109 Å². The standard InChI is InChI=1S/C12H11ClFN3O/c1-7-3-4-8(14)9(5-7)17-12-10(18-2)11(13)15-6-16-12/h3-6H,1-2H3,(H,15,16,17). The van der Waals surface area contributed by atoms with Crippen LogP contribution in [-0.2, 0) is 0 Å². The smallest absolute Gasteiger partial charge is 0.199 e. The number of anilines is 2. The number of ether oxygens (including phenoxy) is 1. The molecule has 1 N–H and O–H groups in total. The molecular weight excluding hydrogens is 257 g/mol. The van der Waals surface area contributed by atoms with Gasteiger partial charge in [-0.3, -0.25) is 0 Å². The molecule has 2 aromatic rings. The molecule has 0 amide bonds. The summed E-state index contributed by atoms with van der Waals surface area (Å²) in [6.45, 7) is 1.87. The highest BCUT2D eigenvalue weighted by molar-refractivity contribution is 6.31. The first kappa shape index (κ1) is 12.6. The van der Waals surface area contributed by atoms with Crippen LogP contribution in [0.1, 0.15) is 5.56 Å². The number of nitrogens with one attached hydrogen (secondary N) is 1. The number of nitrogens with zero attached hydrogens (tertiary/aromatic N) is 2. The molecule has 0 atom stereocenters. The van der Waals surface area contributed by atoms with E-state index in [0.717, 1.165) is 5.56 Å². The minimum atomic E-state index is -0.377. The largest absolute Gasteiger partial charge is 0.490 e. The molecule has 1 aromatic heterocycles. The van der Waals surface area contributed by atoms with Crippen molar-refractivity contribution in [3.05, 3.63) is 41.1 Å². The molecule has 18 heavy (non-hydrogen) atoms. The van der Waals surface area contributed by atoms with Crippen molar-refractivity contribution in [2.45, 2.75) is 6.92 Å². The number of benzene rings is 1. The monoisotopic (exact) mass is 267 g/mol. The van der Waals surface area contributed by atoms with Crippen LogP contribution in [0.2, 0.25) is 5.15 Å². The molecule has 4 nitrogen and oxygen atoms in total. The summed E-state index contributed by atoms with van der Waals surface area (Å²) < 4.78 is 18.7. The maximum absolute atomic E-state index is 13.6. The van der Waals surface area contributed by atoms with Crippen molar-refractivity contribution in [3.8, 4) is 5.75 Å². The first-order valence-corrected chi connectivity index (χ1v) is 5.57. The van der Waals surface area contributed by atoms with Crippen molar-refractivity contribution < 1.29 is 9.13 Å². The molecule has 0 aliphatic rings. The van der Waals surface area contributed by atoms with Gasteiger partial charge in [0.15, 0.2) is 16.7 Å². The quantitative estimate of drug-likeness (QED) is 0.867. The van der Waals surface area contributed by atoms with Crippen LogP contribution in [0.15, 0.2) is 24.5 Å². The van der Waals surface area contributed by atoms with Gasteiger partial charge in [0.1, 0.15) is 12.1 Å². The van der Waals surface area contributed by atoms with Gasteiger partial charge in [-0.05, 0) is 24.6 Å². The van der Waals surface area contributed by atoms with E-state index < -0.39 is 0 Å². The highest BCUT2D eigenvalue weighted by Gasteiger charge is 2.12. The number of aryl methyl sites for hydroxylation is 1. The predicted molar refractivity (Wildman–Crippen MR) is 68.0 cm³/mol. The van der Waals surface area contributed by atoms with E-state index >= 15 is 0 Å². The van der Waals surface area contributed by atoms with Crippen LogP contribution in [0.3, 0.4) is 0 Å². The molecule has 0 unspecified atom stereocenters. The molecule has 0 saturated carbocycles. The van der Waals surface area contributed by atoms with Crippen LogP contribution in [0, 0.1) is 12.7 Å². The van der Waals surface area contributed by atoms with Crippen molar-refractivity contribution in [3.63, 3.8) is 0 Å². The van der Waals surface area contributed by atoms with Crippen LogP contribution >= 0.6 is 11.6 Å². The lowest BCUT2D eigenvalue weighted by molar-refractivity contribution is 0.413. The molecule has 1 aromatic carbocycles. The highest BCUT2D eigenvalue weighted by atomic mass is 35.5. The van der Waals surface area contributed by atoms with E-state index in [4.69, 9.17) is 16.3 Å². The number of methoxy groups -OCH3 is 1. The molecule has 0 radical (unpaired) electrons. The zero-order valence-electron chi connectivity index (χ0n) is 9.87. The van der Waals surface area contributed by atoms with Crippen molar-refractivity contribution >= 4 is 23.1 Å². The fourth-order valence-corrected chi connectivity index (χ4v) is 1.69. The second kappa shape index (κ2) is 5.18. The number of rotatable bonds is 3. The van der Waals surface area contributed by atoms with E-state index in [1.54, 1.807) is 12.1 Å². The van der Waals surface area contributed by atoms with Crippen molar-refractivity contribution in [2.24, 2.45) is 0 Å². The molecule has 1 heterocycles. The lowest BCUT2D eigenvalue weighted by Crippen LogP contribution is -2.01. The summed E-state index contributed by atoms with van der Waals surface area (Å²) >= 11 is 5.86. The lowest BCUT2D eigenvalue weighted by atomic mass is 10.2. The molecule has 0 aliphatic heterocycles. The SMILES string of the molecule is COc1c(Cl)ncnc1Nc1cc(C)ccc1F. The van der Waals surface area contributed by atoms with Gasteiger partial charge in [-0.1, -0.05) is 17.7 Å². The molecule has 94 valence electrons. The molecular formula is C12H11ClFN3O. The third-order valence-corrected chi connectivity index (χ3v) is 2.61. The summed E-state index contributed by atoms with van der Waals surface area (Å²) in [7, 11) is 1.45. The minimum absolute atomic E-state index is 0.170. The average molecular weight is 268 g/mol. The Hall–Kier alpha value is -1.88. The van der Waals surface area contributed by atoms with E-state index in [1.165, 1.54) is 19.5 Å². The number of aromatic nitrogens is 2. The van der Waals surface area contributed by atoms with E-state index in [0.29, 0.717) is 11.5 Å². The third kappa shape index (κ3) is 2.51. The summed E-state index contributed by atoms with van der Waals surface area (Å²) in [4.78, 5) is 7.77. The first-order chi connectivity index (χ1) is 8.61. The van der Waals surface area contributed by atoms with Gasteiger partial charge >= 0.3 is 0 Å². The van der Waals surface area contributed by atoms with Gasteiger partial charge in [0, 0.05) is 0 Å². The third-order valence-electron chi connectivity index (χ3n) is 2.34. The summed E-state index contributed by atoms with van der Waals surface area (Å²) in [5.74, 6) is 0.222. The number of hydrogen-bond acceptors (Lipinski definition) is 4. The van der Waals surface area contributed by atoms with Gasteiger partial charge in [-0.15, -0.1) is 0 Å². The van der Waals surface area contributed by atoms with Crippen molar-refractivity contribution in [1.29, 1.82) is 0 Å². The second-order valence-corrected chi connectivity index (χ2v) is 4.01. The lowest BCUT2D eigenvalue weighted by Gasteiger charge is -2.11. The van der Waals surface area contributed by atoms with Crippen molar-refractivity contribution in [2.75, 3.05) is 12.4 Å². The Morgan fingerprint density at radius 2 is 2.11 bits per heavy atom. The molecule has 0 aliphatic carbocycles. The number of hydrogen-bond donors (Lipinski definition) is 1. The summed E-state index contributed by atoms with van der Waals surface area (Å²) in [5.41, 5.74) is 1.24. The van der Waals surface area contributed by atoms with Gasteiger partial charge < -0.3 is 10.1 Å². The zero-order valence-corrected chi connectivity index (χ0v) is 10.6. The predicted octanol–water partition coefficient (Wildman–Crippen LogP) is 3.33. The van der Waals surface area contributed by atoms with E-state index in [-0.39, 0.29) is 16.7 Å². The maximum Gasteiger partial charge on any atom is 0.199 e. The normalized spacial score (nSPS) is 10.2. The average Bonchev–Trinajstić information content (AvgIpc) is 2.34. The molecule has 6 heteroatoms. The van der Waals surface area contributed by atoms with E-state index in [1.807, 2.05) is 6.92 Å². The number of halogens is 2. The van der Waals surface area contributed by atoms with Gasteiger partial charge in [0.05, 0.1) is 12.8 Å². The molecule has 0 bridgehead atoms. The van der Waals surface area contributed by atoms with Crippen LogP contribution < -0.4 is 10.1 Å². The van der Waals surface area contributed by atoms with Crippen molar-refractivity contribution in [1.82, 2.24) is 9.97 Å². The fraction of sp³-hybridized carbons (Fsp3) is 0.167. The second-order valence-electron chi connectivity index (χ2n) is 3.65. The topological polar surface area (TPSA) is 47.0 Å². The first-order valence-electron chi connectivity index (χ1n) is 5.19. The van der Waals surface area contributed by atoms with Crippen LogP contribution in [0.4, 0.5) is 15.9 Å². The van der Waals surface area contributed by atoms with Crippen LogP contribution in [0.5, 0.6) is 5.75 Å². The van der Waals surface area contributed by atoms with Gasteiger partial charge in [0.2, 0.25) is 0 Å². The minimum Gasteiger partial charge on any atom is -0.490 e. The van der Waals surface area contributed by atoms with E-state index in [9.17, 15) is 4.39 Å². The zero-order chi connectivity index (χ0) is 13.1. The summed E-state index contributed by atoms with van der Waals surface area (Å²) in [6.07, 6.45) is 1.28. The Bertz CT molecular complexity index is 577. The van der Waals surface area contributed by atoms with Gasteiger partial charge in [-0.2, -0.15) is 0 Å². The molecule has 2 rings (SSSR count). The molecule has 0 spiro atoms. The van der Waals surface area contributed by atoms with Gasteiger partial charge in [0.25, 0.3) is 0 Å². The van der Waals surface area contributed by atoms with Gasteiger partial charge in [-0.25, -0.2) is 14.4 Å². The Morgan fingerprint density at radius 3 is 2.83 bits per heavy atom. The Kier molecular flexibility index (Phi) is 3.62. The summed E-state index contributed by atoms with van der Waals surface area (Å²) in [6, 6.07) is 4.74. The Morgan fingerprint density at radius 1 is 1.33 bits per heavy atom. The molecule has 0 fully saturated rings.